The molecule has 22 heavy (non-hydrogen) atoms. The fraction of sp³-hybridized carbons (Fsp3) is 0.533. The molecule has 122 valence electrons. The highest BCUT2D eigenvalue weighted by Gasteiger charge is 2.32. The minimum Gasteiger partial charge on any atom is -0.326 e. The quantitative estimate of drug-likeness (QED) is 0.878. The van der Waals surface area contributed by atoms with Crippen LogP contribution in [0.4, 0.5) is 23.7 Å². The molecule has 0 bridgehead atoms. The molecule has 2 unspecified atom stereocenters. The number of benzene rings is 1. The van der Waals surface area contributed by atoms with Crippen LogP contribution in [0.25, 0.3) is 0 Å². The second kappa shape index (κ2) is 6.56. The van der Waals surface area contributed by atoms with Crippen LogP contribution in [0.3, 0.4) is 0 Å². The van der Waals surface area contributed by atoms with Gasteiger partial charge in [0, 0.05) is 24.3 Å². The predicted octanol–water partition coefficient (Wildman–Crippen LogP) is 3.44. The van der Waals surface area contributed by atoms with E-state index >= 15 is 0 Å². The Kier molecular flexibility index (Phi) is 4.95. The van der Waals surface area contributed by atoms with Crippen LogP contribution in [-0.2, 0) is 6.18 Å². The third-order valence-corrected chi connectivity index (χ3v) is 3.86. The summed E-state index contributed by atoms with van der Waals surface area (Å²) in [5.74, 6) is 0. The number of amides is 2. The summed E-state index contributed by atoms with van der Waals surface area (Å²) in [6.07, 6.45) is -1.74. The van der Waals surface area contributed by atoms with E-state index in [9.17, 15) is 18.0 Å². The van der Waals surface area contributed by atoms with E-state index in [1.807, 2.05) is 6.92 Å². The summed E-state index contributed by atoms with van der Waals surface area (Å²) in [4.78, 5) is 13.9. The number of halogens is 3. The van der Waals surface area contributed by atoms with Crippen LogP contribution in [0.5, 0.6) is 0 Å². The van der Waals surface area contributed by atoms with Crippen molar-refractivity contribution in [2.75, 3.05) is 11.9 Å². The molecule has 4 nitrogen and oxygen atoms in total. The number of nitrogens with zero attached hydrogens (tertiary/aromatic N) is 1. The number of nitrogens with one attached hydrogen (secondary N) is 1. The minimum absolute atomic E-state index is 0.0838. The number of nitrogens with two attached hydrogens (primary N) is 1. The van der Waals surface area contributed by atoms with Gasteiger partial charge in [0.05, 0.1) is 5.56 Å². The van der Waals surface area contributed by atoms with Crippen LogP contribution < -0.4 is 11.1 Å². The maximum Gasteiger partial charge on any atom is 0.416 e. The van der Waals surface area contributed by atoms with E-state index < -0.39 is 17.8 Å². The first-order valence-electron chi connectivity index (χ1n) is 7.29. The first kappa shape index (κ1) is 16.6. The zero-order valence-corrected chi connectivity index (χ0v) is 12.4. The zero-order chi connectivity index (χ0) is 16.3. The molecule has 1 aliphatic heterocycles. The maximum absolute atomic E-state index is 12.7. The van der Waals surface area contributed by atoms with Crippen molar-refractivity contribution in [2.45, 2.75) is 44.4 Å². The average Bonchev–Trinajstić information content (AvgIpc) is 2.46. The standard InChI is InChI=1S/C15H20F3N3O/c1-10(19)13-7-2-3-8-21(13)14(22)20-12-6-4-5-11(9-12)15(16,17)18/h4-6,9-10,13H,2-3,7-8,19H2,1H3,(H,20,22). The Bertz CT molecular complexity index is 531. The fourth-order valence-corrected chi connectivity index (χ4v) is 2.72. The minimum atomic E-state index is -4.43. The van der Waals surface area contributed by atoms with Crippen LogP contribution in [-0.4, -0.2) is 29.6 Å². The van der Waals surface area contributed by atoms with Gasteiger partial charge >= 0.3 is 12.2 Å². The van der Waals surface area contributed by atoms with Gasteiger partial charge in [0.2, 0.25) is 0 Å². The van der Waals surface area contributed by atoms with Gasteiger partial charge in [-0.25, -0.2) is 4.79 Å². The van der Waals surface area contributed by atoms with Crippen molar-refractivity contribution in [3.05, 3.63) is 29.8 Å². The van der Waals surface area contributed by atoms with Gasteiger partial charge in [-0.2, -0.15) is 13.2 Å². The summed E-state index contributed by atoms with van der Waals surface area (Å²) in [5, 5.41) is 2.54. The topological polar surface area (TPSA) is 58.4 Å². The average molecular weight is 315 g/mol. The molecule has 1 heterocycles. The van der Waals surface area contributed by atoms with Crippen molar-refractivity contribution in [3.8, 4) is 0 Å². The monoisotopic (exact) mass is 315 g/mol. The Morgan fingerprint density at radius 1 is 1.41 bits per heavy atom. The van der Waals surface area contributed by atoms with E-state index in [1.165, 1.54) is 12.1 Å². The number of carbonyl (C=O) groups is 1. The van der Waals surface area contributed by atoms with Crippen molar-refractivity contribution < 1.29 is 18.0 Å². The summed E-state index contributed by atoms with van der Waals surface area (Å²) >= 11 is 0. The first-order valence-corrected chi connectivity index (χ1v) is 7.29. The number of rotatable bonds is 2. The van der Waals surface area contributed by atoms with Crippen molar-refractivity contribution in [2.24, 2.45) is 5.73 Å². The number of alkyl halides is 3. The summed E-state index contributed by atoms with van der Waals surface area (Å²) < 4.78 is 38.1. The summed E-state index contributed by atoms with van der Waals surface area (Å²) in [5.41, 5.74) is 5.25. The highest BCUT2D eigenvalue weighted by molar-refractivity contribution is 5.89. The lowest BCUT2D eigenvalue weighted by molar-refractivity contribution is -0.137. The molecule has 2 atom stereocenters. The lowest BCUT2D eigenvalue weighted by Crippen LogP contribution is -2.53. The Labute approximate surface area is 127 Å². The van der Waals surface area contributed by atoms with Crippen LogP contribution in [0, 0.1) is 0 Å². The van der Waals surface area contributed by atoms with E-state index in [2.05, 4.69) is 5.32 Å². The van der Waals surface area contributed by atoms with Crippen LogP contribution in [0.1, 0.15) is 31.7 Å². The Morgan fingerprint density at radius 3 is 2.77 bits per heavy atom. The van der Waals surface area contributed by atoms with Crippen LogP contribution in [0.2, 0.25) is 0 Å². The number of carbonyl (C=O) groups excluding carboxylic acids is 1. The fourth-order valence-electron chi connectivity index (χ4n) is 2.72. The zero-order valence-electron chi connectivity index (χ0n) is 12.4. The van der Waals surface area contributed by atoms with E-state index in [0.29, 0.717) is 6.54 Å². The van der Waals surface area contributed by atoms with Crippen molar-refractivity contribution in [1.29, 1.82) is 0 Å². The van der Waals surface area contributed by atoms with E-state index in [1.54, 1.807) is 4.90 Å². The Balaban J connectivity index is 2.11. The number of anilines is 1. The van der Waals surface area contributed by atoms with Gasteiger partial charge in [-0.15, -0.1) is 0 Å². The van der Waals surface area contributed by atoms with Gasteiger partial charge in [0.25, 0.3) is 0 Å². The summed E-state index contributed by atoms with van der Waals surface area (Å²) in [6.45, 7) is 2.40. The van der Waals surface area contributed by atoms with Crippen molar-refractivity contribution in [1.82, 2.24) is 4.90 Å². The Hall–Kier alpha value is -1.76. The number of piperidine rings is 1. The molecule has 0 aromatic heterocycles. The molecular weight excluding hydrogens is 295 g/mol. The molecule has 0 radical (unpaired) electrons. The van der Waals surface area contributed by atoms with Crippen LogP contribution in [0.15, 0.2) is 24.3 Å². The summed E-state index contributed by atoms with van der Waals surface area (Å²) in [7, 11) is 0. The molecule has 1 saturated heterocycles. The largest absolute Gasteiger partial charge is 0.416 e. The highest BCUT2D eigenvalue weighted by atomic mass is 19.4. The predicted molar refractivity (Wildman–Crippen MR) is 78.5 cm³/mol. The van der Waals surface area contributed by atoms with E-state index in [0.717, 1.165) is 31.4 Å². The molecule has 2 amide bonds. The number of hydrogen-bond donors (Lipinski definition) is 2. The van der Waals surface area contributed by atoms with Gasteiger partial charge in [0.1, 0.15) is 0 Å². The van der Waals surface area contributed by atoms with Gasteiger partial charge in [0.15, 0.2) is 0 Å². The molecule has 7 heteroatoms. The first-order chi connectivity index (χ1) is 10.3. The molecule has 1 aromatic carbocycles. The molecule has 1 aromatic rings. The summed E-state index contributed by atoms with van der Waals surface area (Å²) in [6, 6.07) is 3.97. The Morgan fingerprint density at radius 2 is 2.14 bits per heavy atom. The maximum atomic E-state index is 12.7. The number of hydrogen-bond acceptors (Lipinski definition) is 2. The van der Waals surface area contributed by atoms with Gasteiger partial charge in [-0.1, -0.05) is 6.07 Å². The van der Waals surface area contributed by atoms with Gasteiger partial charge in [-0.05, 0) is 44.4 Å². The lowest BCUT2D eigenvalue weighted by Gasteiger charge is -2.37. The highest BCUT2D eigenvalue weighted by Crippen LogP contribution is 2.31. The molecule has 1 aliphatic rings. The molecule has 2 rings (SSSR count). The number of urea groups is 1. The molecule has 3 N–H and O–H groups in total. The lowest BCUT2D eigenvalue weighted by atomic mass is 9.97. The second-order valence-corrected chi connectivity index (χ2v) is 5.62. The van der Waals surface area contributed by atoms with E-state index in [4.69, 9.17) is 5.73 Å². The van der Waals surface area contributed by atoms with Gasteiger partial charge < -0.3 is 16.0 Å². The molecular formula is C15H20F3N3O. The third-order valence-electron chi connectivity index (χ3n) is 3.86. The normalized spacial score (nSPS) is 20.6. The van der Waals surface area contributed by atoms with Crippen molar-refractivity contribution in [3.63, 3.8) is 0 Å². The smallest absolute Gasteiger partial charge is 0.326 e. The van der Waals surface area contributed by atoms with Gasteiger partial charge in [-0.3, -0.25) is 0 Å². The molecule has 0 aliphatic carbocycles. The molecule has 0 spiro atoms. The third kappa shape index (κ3) is 3.91. The second-order valence-electron chi connectivity index (χ2n) is 5.62. The van der Waals surface area contributed by atoms with Crippen molar-refractivity contribution >= 4 is 11.7 Å². The molecule has 0 saturated carbocycles. The number of likely N-dealkylation sites (tertiary alicyclic amines) is 1. The van der Waals surface area contributed by atoms with E-state index in [-0.39, 0.29) is 17.8 Å². The van der Waals surface area contributed by atoms with Crippen LogP contribution >= 0.6 is 0 Å². The SMILES string of the molecule is CC(N)C1CCCCN1C(=O)Nc1cccc(C(F)(F)F)c1. The molecule has 1 fully saturated rings.